The summed E-state index contributed by atoms with van der Waals surface area (Å²) in [5.41, 5.74) is 0.826. The molecule has 0 aliphatic carbocycles. The van der Waals surface area contributed by atoms with Gasteiger partial charge < -0.3 is 9.84 Å². The van der Waals surface area contributed by atoms with E-state index in [-0.39, 0.29) is 23.0 Å². The lowest BCUT2D eigenvalue weighted by atomic mass is 10.3. The number of aryl methyl sites for hydroxylation is 2. The first-order valence-electron chi connectivity index (χ1n) is 6.31. The molecule has 22 heavy (non-hydrogen) atoms. The van der Waals surface area contributed by atoms with Crippen molar-refractivity contribution in [1.82, 2.24) is 19.2 Å². The fourth-order valence-corrected chi connectivity index (χ4v) is 3.01. The van der Waals surface area contributed by atoms with Crippen LogP contribution in [0.4, 0.5) is 0 Å². The molecule has 3 aromatic heterocycles. The van der Waals surface area contributed by atoms with Crippen molar-refractivity contribution in [1.29, 1.82) is 0 Å². The van der Waals surface area contributed by atoms with E-state index in [0.717, 1.165) is 5.69 Å². The fraction of sp³-hybridized carbons (Fsp3) is 0.231. The maximum absolute atomic E-state index is 12.1. The average Bonchev–Trinajstić information content (AvgIpc) is 2.94. The SMILES string of the molecule is Cc1c(C(=O)O)nn(C)c1Oc1cc(=O)n2c(C)csc2n1. The minimum atomic E-state index is -1.14. The first-order valence-corrected chi connectivity index (χ1v) is 7.19. The van der Waals surface area contributed by atoms with Crippen molar-refractivity contribution in [2.45, 2.75) is 13.8 Å². The molecule has 0 radical (unpaired) electrons. The van der Waals surface area contributed by atoms with Crippen LogP contribution < -0.4 is 10.3 Å². The molecule has 8 nitrogen and oxygen atoms in total. The highest BCUT2D eigenvalue weighted by Gasteiger charge is 2.20. The Hall–Kier alpha value is -2.68. The number of carboxylic acid groups (broad SMARTS) is 1. The Morgan fingerprint density at radius 1 is 1.41 bits per heavy atom. The molecule has 0 unspecified atom stereocenters. The Morgan fingerprint density at radius 3 is 2.77 bits per heavy atom. The molecule has 1 N–H and O–H groups in total. The van der Waals surface area contributed by atoms with Crippen molar-refractivity contribution >= 4 is 22.3 Å². The smallest absolute Gasteiger partial charge is 0.356 e. The molecule has 0 aromatic carbocycles. The van der Waals surface area contributed by atoms with Crippen molar-refractivity contribution in [3.05, 3.63) is 38.8 Å². The third-order valence-corrected chi connectivity index (χ3v) is 4.12. The van der Waals surface area contributed by atoms with E-state index < -0.39 is 5.97 Å². The van der Waals surface area contributed by atoms with Crippen molar-refractivity contribution in [2.75, 3.05) is 0 Å². The van der Waals surface area contributed by atoms with Crippen molar-refractivity contribution in [3.8, 4) is 11.8 Å². The van der Waals surface area contributed by atoms with Crippen molar-refractivity contribution in [3.63, 3.8) is 0 Å². The second-order valence-corrected chi connectivity index (χ2v) is 5.57. The molecule has 3 aromatic rings. The molecule has 0 spiro atoms. The summed E-state index contributed by atoms with van der Waals surface area (Å²) >= 11 is 1.33. The summed E-state index contributed by atoms with van der Waals surface area (Å²) in [4.78, 5) is 27.9. The van der Waals surface area contributed by atoms with Gasteiger partial charge in [0.1, 0.15) is 0 Å². The van der Waals surface area contributed by atoms with Gasteiger partial charge in [-0.15, -0.1) is 11.3 Å². The van der Waals surface area contributed by atoms with Crippen LogP contribution in [0.5, 0.6) is 11.8 Å². The van der Waals surface area contributed by atoms with Crippen LogP contribution >= 0.6 is 11.3 Å². The molecule has 114 valence electrons. The predicted octanol–water partition coefficient (Wildman–Crippen LogP) is 1.60. The van der Waals surface area contributed by atoms with Crippen LogP contribution in [0.2, 0.25) is 0 Å². The van der Waals surface area contributed by atoms with Gasteiger partial charge in [-0.05, 0) is 13.8 Å². The van der Waals surface area contributed by atoms with Gasteiger partial charge >= 0.3 is 5.97 Å². The number of hydrogen-bond acceptors (Lipinski definition) is 6. The number of aromatic nitrogens is 4. The lowest BCUT2D eigenvalue weighted by molar-refractivity contribution is 0.0689. The molecule has 0 bridgehead atoms. The Morgan fingerprint density at radius 2 is 2.14 bits per heavy atom. The monoisotopic (exact) mass is 320 g/mol. The molecular formula is C13H12N4O4S. The Labute approximate surface area is 128 Å². The fourth-order valence-electron chi connectivity index (χ4n) is 2.15. The van der Waals surface area contributed by atoms with Gasteiger partial charge in [0.15, 0.2) is 10.7 Å². The lowest BCUT2D eigenvalue weighted by Gasteiger charge is -2.06. The topological polar surface area (TPSA) is 98.7 Å². The number of nitrogens with zero attached hydrogens (tertiary/aromatic N) is 4. The van der Waals surface area contributed by atoms with Crippen LogP contribution in [-0.2, 0) is 7.05 Å². The van der Waals surface area contributed by atoms with Crippen LogP contribution in [-0.4, -0.2) is 30.2 Å². The van der Waals surface area contributed by atoms with Gasteiger partial charge in [-0.25, -0.2) is 9.48 Å². The maximum Gasteiger partial charge on any atom is 0.356 e. The summed E-state index contributed by atoms with van der Waals surface area (Å²) in [6, 6.07) is 1.26. The third-order valence-electron chi connectivity index (χ3n) is 3.18. The summed E-state index contributed by atoms with van der Waals surface area (Å²) in [6.07, 6.45) is 0. The molecule has 0 fully saturated rings. The van der Waals surface area contributed by atoms with Crippen LogP contribution in [0.15, 0.2) is 16.2 Å². The second-order valence-electron chi connectivity index (χ2n) is 4.74. The molecule has 0 aliphatic heterocycles. The standard InChI is InChI=1S/C13H12N4O4S/c1-6-5-22-13-14-8(4-9(18)17(6)13)21-11-7(2)10(12(19)20)15-16(11)3/h4-5H,1-3H3,(H,19,20). The molecule has 0 saturated heterocycles. The van der Waals surface area contributed by atoms with E-state index in [4.69, 9.17) is 9.84 Å². The maximum atomic E-state index is 12.1. The molecule has 3 heterocycles. The van der Waals surface area contributed by atoms with Crippen molar-refractivity contribution < 1.29 is 14.6 Å². The molecule has 0 aliphatic rings. The van der Waals surface area contributed by atoms with Gasteiger partial charge in [0.05, 0.1) is 6.07 Å². The summed E-state index contributed by atoms with van der Waals surface area (Å²) in [5.74, 6) is -0.794. The number of ether oxygens (including phenoxy) is 1. The van der Waals surface area contributed by atoms with Crippen LogP contribution in [0, 0.1) is 13.8 Å². The Balaban J connectivity index is 2.07. The lowest BCUT2D eigenvalue weighted by Crippen LogP contribution is -2.13. The highest BCUT2D eigenvalue weighted by molar-refractivity contribution is 7.15. The summed E-state index contributed by atoms with van der Waals surface area (Å²) in [6.45, 7) is 3.41. The van der Waals surface area contributed by atoms with Gasteiger partial charge in [-0.2, -0.15) is 10.1 Å². The number of rotatable bonds is 3. The van der Waals surface area contributed by atoms with Crippen LogP contribution in [0.1, 0.15) is 21.7 Å². The quantitative estimate of drug-likeness (QED) is 0.787. The number of hydrogen-bond donors (Lipinski definition) is 1. The number of fused-ring (bicyclic) bond motifs is 1. The minimum Gasteiger partial charge on any atom is -0.476 e. The van der Waals surface area contributed by atoms with Gasteiger partial charge in [-0.3, -0.25) is 9.20 Å². The van der Waals surface area contributed by atoms with Crippen molar-refractivity contribution in [2.24, 2.45) is 7.05 Å². The average molecular weight is 320 g/mol. The summed E-state index contributed by atoms with van der Waals surface area (Å²) in [7, 11) is 1.56. The van der Waals surface area contributed by atoms with E-state index in [1.165, 1.54) is 26.5 Å². The molecule has 0 atom stereocenters. The van der Waals surface area contributed by atoms with E-state index in [9.17, 15) is 9.59 Å². The Bertz CT molecular complexity index is 953. The molecule has 9 heteroatoms. The second kappa shape index (κ2) is 4.95. The van der Waals surface area contributed by atoms with Gasteiger partial charge in [-0.1, -0.05) is 0 Å². The highest BCUT2D eigenvalue weighted by Crippen LogP contribution is 2.26. The van der Waals surface area contributed by atoms with E-state index in [1.807, 2.05) is 12.3 Å². The molecule has 0 amide bonds. The number of aromatic carboxylic acids is 1. The van der Waals surface area contributed by atoms with E-state index in [2.05, 4.69) is 10.1 Å². The molecule has 0 saturated carbocycles. The predicted molar refractivity (Wildman–Crippen MR) is 79.1 cm³/mol. The molecule has 3 rings (SSSR count). The van der Waals surface area contributed by atoms with Gasteiger partial charge in [0, 0.05) is 23.7 Å². The van der Waals surface area contributed by atoms with E-state index in [1.54, 1.807) is 14.0 Å². The van der Waals surface area contributed by atoms with Crippen LogP contribution in [0.3, 0.4) is 0 Å². The highest BCUT2D eigenvalue weighted by atomic mass is 32.1. The zero-order valence-corrected chi connectivity index (χ0v) is 12.8. The molecular weight excluding hydrogens is 308 g/mol. The Kier molecular flexibility index (Phi) is 3.21. The summed E-state index contributed by atoms with van der Waals surface area (Å²) < 4.78 is 8.38. The minimum absolute atomic E-state index is 0.0951. The first kappa shape index (κ1) is 14.3. The number of thiazole rings is 1. The largest absolute Gasteiger partial charge is 0.476 e. The normalized spacial score (nSPS) is 11.0. The number of carboxylic acids is 1. The summed E-state index contributed by atoms with van der Waals surface area (Å²) in [5, 5.41) is 14.8. The zero-order chi connectivity index (χ0) is 16.0. The van der Waals surface area contributed by atoms with Gasteiger partial charge in [0.2, 0.25) is 11.8 Å². The number of carbonyl (C=O) groups is 1. The van der Waals surface area contributed by atoms with Crippen LogP contribution in [0.25, 0.3) is 4.96 Å². The third kappa shape index (κ3) is 2.15. The first-order chi connectivity index (χ1) is 10.4. The van der Waals surface area contributed by atoms with E-state index >= 15 is 0 Å². The van der Waals surface area contributed by atoms with Gasteiger partial charge in [0.25, 0.3) is 5.56 Å². The zero-order valence-electron chi connectivity index (χ0n) is 12.0. The van der Waals surface area contributed by atoms with E-state index in [0.29, 0.717) is 10.5 Å².